The van der Waals surface area contributed by atoms with Gasteiger partial charge < -0.3 is 15.5 Å². The molecule has 1 aromatic carbocycles. The van der Waals surface area contributed by atoms with E-state index in [0.717, 1.165) is 37.2 Å². The molecule has 2 unspecified atom stereocenters. The molecule has 2 N–H and O–H groups in total. The summed E-state index contributed by atoms with van der Waals surface area (Å²) in [5.41, 5.74) is 0.962. The predicted molar refractivity (Wildman–Crippen MR) is 104 cm³/mol. The van der Waals surface area contributed by atoms with Gasteiger partial charge in [-0.15, -0.1) is 0 Å². The molecule has 6 heteroatoms. The Morgan fingerprint density at radius 3 is 2.76 bits per heavy atom. The number of nitrogens with zero attached hydrogens (tertiary/aromatic N) is 1. The summed E-state index contributed by atoms with van der Waals surface area (Å²) in [6.07, 6.45) is 5.09. The number of amides is 2. The Balaban J connectivity index is 1.96. The monoisotopic (exact) mass is 363 g/mol. The van der Waals surface area contributed by atoms with Crippen LogP contribution in [0.25, 0.3) is 0 Å². The van der Waals surface area contributed by atoms with Crippen molar-refractivity contribution in [1.29, 1.82) is 0 Å². The van der Waals surface area contributed by atoms with Crippen LogP contribution in [-0.2, 0) is 16.0 Å². The van der Waals surface area contributed by atoms with E-state index in [4.69, 9.17) is 0 Å². The van der Waals surface area contributed by atoms with Gasteiger partial charge in [0.2, 0.25) is 11.8 Å². The van der Waals surface area contributed by atoms with Gasteiger partial charge in [-0.2, -0.15) is 11.8 Å². The van der Waals surface area contributed by atoms with Crippen molar-refractivity contribution in [2.24, 2.45) is 0 Å². The van der Waals surface area contributed by atoms with Gasteiger partial charge in [0, 0.05) is 19.1 Å². The quantitative estimate of drug-likeness (QED) is 0.738. The summed E-state index contributed by atoms with van der Waals surface area (Å²) in [7, 11) is 1.94. The van der Waals surface area contributed by atoms with Gasteiger partial charge in [-0.05, 0) is 43.9 Å². The van der Waals surface area contributed by atoms with E-state index in [2.05, 4.69) is 10.6 Å². The molecular formula is C19H29N3O2S. The van der Waals surface area contributed by atoms with Crippen molar-refractivity contribution < 1.29 is 9.59 Å². The third-order valence-corrected chi connectivity index (χ3v) is 5.24. The third kappa shape index (κ3) is 6.36. The van der Waals surface area contributed by atoms with E-state index in [1.807, 2.05) is 48.5 Å². The number of hydrogen-bond acceptors (Lipinski definition) is 4. The number of carbonyl (C=O) groups is 2. The van der Waals surface area contributed by atoms with Crippen LogP contribution in [0.15, 0.2) is 30.3 Å². The van der Waals surface area contributed by atoms with Crippen molar-refractivity contribution in [3.05, 3.63) is 35.9 Å². The summed E-state index contributed by atoms with van der Waals surface area (Å²) >= 11 is 1.70. The second-order valence-electron chi connectivity index (χ2n) is 6.48. The smallest absolute Gasteiger partial charge is 0.245 e. The molecule has 2 rings (SSSR count). The van der Waals surface area contributed by atoms with Crippen molar-refractivity contribution in [3.8, 4) is 0 Å². The molecule has 1 fully saturated rings. The normalized spacial score (nSPS) is 18.6. The van der Waals surface area contributed by atoms with E-state index in [1.165, 1.54) is 0 Å². The first-order valence-electron chi connectivity index (χ1n) is 8.92. The number of hydrogen-bond donors (Lipinski definition) is 2. The summed E-state index contributed by atoms with van der Waals surface area (Å²) in [6.45, 7) is 1.50. The fourth-order valence-corrected chi connectivity index (χ4v) is 3.62. The highest BCUT2D eigenvalue weighted by molar-refractivity contribution is 7.98. The summed E-state index contributed by atoms with van der Waals surface area (Å²) in [6, 6.07) is 9.55. The molecule has 0 bridgehead atoms. The SMILES string of the molecule is CNC1CCCN(C(=O)C(CCSC)NC(=O)Cc2ccccc2)C1. The van der Waals surface area contributed by atoms with Crippen LogP contribution in [0.3, 0.4) is 0 Å². The average Bonchev–Trinajstić information content (AvgIpc) is 2.65. The molecule has 0 saturated carbocycles. The zero-order valence-corrected chi connectivity index (χ0v) is 16.0. The predicted octanol–water partition coefficient (Wildman–Crippen LogP) is 1.68. The number of likely N-dealkylation sites (tertiary alicyclic amines) is 1. The van der Waals surface area contributed by atoms with Crippen LogP contribution in [0.5, 0.6) is 0 Å². The van der Waals surface area contributed by atoms with Crippen LogP contribution in [0.2, 0.25) is 0 Å². The molecular weight excluding hydrogens is 334 g/mol. The van der Waals surface area contributed by atoms with E-state index in [1.54, 1.807) is 11.8 Å². The Bertz CT molecular complexity index is 553. The summed E-state index contributed by atoms with van der Waals surface area (Å²) in [4.78, 5) is 27.2. The Morgan fingerprint density at radius 1 is 1.32 bits per heavy atom. The van der Waals surface area contributed by atoms with Crippen molar-refractivity contribution in [3.63, 3.8) is 0 Å². The lowest BCUT2D eigenvalue weighted by Gasteiger charge is -2.35. The van der Waals surface area contributed by atoms with Crippen molar-refractivity contribution >= 4 is 23.6 Å². The largest absolute Gasteiger partial charge is 0.344 e. The van der Waals surface area contributed by atoms with Gasteiger partial charge in [0.05, 0.1) is 6.42 Å². The molecule has 1 aromatic rings. The second kappa shape index (κ2) is 10.5. The lowest BCUT2D eigenvalue weighted by Crippen LogP contribution is -2.54. The number of piperidine rings is 1. The molecule has 1 aliphatic heterocycles. The highest BCUT2D eigenvalue weighted by atomic mass is 32.2. The van der Waals surface area contributed by atoms with Gasteiger partial charge in [0.1, 0.15) is 6.04 Å². The molecule has 0 spiro atoms. The maximum Gasteiger partial charge on any atom is 0.245 e. The lowest BCUT2D eigenvalue weighted by molar-refractivity contribution is -0.137. The molecule has 2 atom stereocenters. The van der Waals surface area contributed by atoms with Crippen molar-refractivity contribution in [2.75, 3.05) is 32.1 Å². The molecule has 0 radical (unpaired) electrons. The van der Waals surface area contributed by atoms with Crippen LogP contribution in [0, 0.1) is 0 Å². The molecule has 0 aromatic heterocycles. The molecule has 5 nitrogen and oxygen atoms in total. The van der Waals surface area contributed by atoms with Gasteiger partial charge in [-0.3, -0.25) is 9.59 Å². The standard InChI is InChI=1S/C19H29N3O2S/c1-20-16-9-6-11-22(14-16)19(24)17(10-12-25-2)21-18(23)13-15-7-4-3-5-8-15/h3-5,7-8,16-17,20H,6,9-14H2,1-2H3,(H,21,23). The van der Waals surface area contributed by atoms with Gasteiger partial charge >= 0.3 is 0 Å². The zero-order chi connectivity index (χ0) is 18.1. The fraction of sp³-hybridized carbons (Fsp3) is 0.579. The number of nitrogens with one attached hydrogen (secondary N) is 2. The van der Waals surface area contributed by atoms with Gasteiger partial charge in [-0.25, -0.2) is 0 Å². The zero-order valence-electron chi connectivity index (χ0n) is 15.2. The fourth-order valence-electron chi connectivity index (χ4n) is 3.15. The third-order valence-electron chi connectivity index (χ3n) is 4.59. The van der Waals surface area contributed by atoms with Gasteiger partial charge in [0.25, 0.3) is 0 Å². The van der Waals surface area contributed by atoms with E-state index in [0.29, 0.717) is 18.9 Å². The first-order valence-corrected chi connectivity index (χ1v) is 10.3. The summed E-state index contributed by atoms with van der Waals surface area (Å²) < 4.78 is 0. The Morgan fingerprint density at radius 2 is 2.08 bits per heavy atom. The minimum absolute atomic E-state index is 0.0513. The lowest BCUT2D eigenvalue weighted by atomic mass is 10.0. The Kier molecular flexibility index (Phi) is 8.28. The van der Waals surface area contributed by atoms with E-state index >= 15 is 0 Å². The number of benzene rings is 1. The first kappa shape index (κ1) is 19.8. The molecule has 1 heterocycles. The maximum atomic E-state index is 12.9. The van der Waals surface area contributed by atoms with Crippen molar-refractivity contribution in [2.45, 2.75) is 37.8 Å². The van der Waals surface area contributed by atoms with Crippen molar-refractivity contribution in [1.82, 2.24) is 15.5 Å². The highest BCUT2D eigenvalue weighted by Crippen LogP contribution is 2.13. The number of carbonyl (C=O) groups excluding carboxylic acids is 2. The Labute approximate surface area is 154 Å². The topological polar surface area (TPSA) is 61.4 Å². The molecule has 138 valence electrons. The summed E-state index contributed by atoms with van der Waals surface area (Å²) in [5.74, 6) is 0.814. The molecule has 2 amide bonds. The number of rotatable bonds is 8. The summed E-state index contributed by atoms with van der Waals surface area (Å²) in [5, 5.41) is 6.23. The second-order valence-corrected chi connectivity index (χ2v) is 7.46. The van der Waals surface area contributed by atoms with E-state index < -0.39 is 6.04 Å². The van der Waals surface area contributed by atoms with Crippen LogP contribution >= 0.6 is 11.8 Å². The van der Waals surface area contributed by atoms with Crippen LogP contribution in [0.4, 0.5) is 0 Å². The first-order chi connectivity index (χ1) is 12.1. The van der Waals surface area contributed by atoms with Crippen LogP contribution in [0.1, 0.15) is 24.8 Å². The van der Waals surface area contributed by atoms with Crippen LogP contribution in [-0.4, -0.2) is 60.9 Å². The van der Waals surface area contributed by atoms with E-state index in [9.17, 15) is 9.59 Å². The molecule has 1 saturated heterocycles. The van der Waals surface area contributed by atoms with Gasteiger partial charge in [0.15, 0.2) is 0 Å². The maximum absolute atomic E-state index is 12.9. The molecule has 25 heavy (non-hydrogen) atoms. The molecule has 0 aliphatic carbocycles. The average molecular weight is 364 g/mol. The molecule has 1 aliphatic rings. The minimum Gasteiger partial charge on any atom is -0.344 e. The van der Waals surface area contributed by atoms with Gasteiger partial charge in [-0.1, -0.05) is 30.3 Å². The van der Waals surface area contributed by atoms with Crippen LogP contribution < -0.4 is 10.6 Å². The van der Waals surface area contributed by atoms with E-state index in [-0.39, 0.29) is 11.8 Å². The Hall–Kier alpha value is -1.53. The number of thioether (sulfide) groups is 1. The highest BCUT2D eigenvalue weighted by Gasteiger charge is 2.29. The number of likely N-dealkylation sites (N-methyl/N-ethyl adjacent to an activating group) is 1. The minimum atomic E-state index is -0.431.